The minimum atomic E-state index is 0.0807. The second-order valence-corrected chi connectivity index (χ2v) is 11.7. The van der Waals surface area contributed by atoms with Gasteiger partial charge in [0.1, 0.15) is 0 Å². The molecule has 0 aliphatic heterocycles. The molecule has 0 spiro atoms. The first-order chi connectivity index (χ1) is 17.1. The number of hydrogen-bond donors (Lipinski definition) is 0. The van der Waals surface area contributed by atoms with Gasteiger partial charge in [0.05, 0.1) is 11.2 Å². The topological polar surface area (TPSA) is 25.8 Å². The molecule has 5 rings (SSSR count). The molecule has 2 nitrogen and oxygen atoms in total. The van der Waals surface area contributed by atoms with Gasteiger partial charge in [0.15, 0.2) is 0 Å². The first-order valence-corrected chi connectivity index (χ1v) is 12.7. The largest absolute Gasteiger partial charge is 0.256 e. The highest BCUT2D eigenvalue weighted by Gasteiger charge is 2.17. The van der Waals surface area contributed by atoms with Crippen molar-refractivity contribution in [3.63, 3.8) is 0 Å². The third kappa shape index (κ3) is 4.68. The molecule has 0 N–H and O–H groups in total. The monoisotopic (exact) mass is 470 g/mol. The van der Waals surface area contributed by atoms with E-state index in [4.69, 9.17) is 4.98 Å². The molecule has 0 unspecified atom stereocenters. The van der Waals surface area contributed by atoms with Gasteiger partial charge in [-0.2, -0.15) is 0 Å². The van der Waals surface area contributed by atoms with Crippen molar-refractivity contribution in [1.82, 2.24) is 9.97 Å². The third-order valence-electron chi connectivity index (χ3n) is 6.90. The van der Waals surface area contributed by atoms with E-state index in [0.717, 1.165) is 27.7 Å². The third-order valence-corrected chi connectivity index (χ3v) is 6.90. The van der Waals surface area contributed by atoms with Crippen molar-refractivity contribution in [1.29, 1.82) is 0 Å². The van der Waals surface area contributed by atoms with Crippen LogP contribution in [0, 0.1) is 0 Å². The first kappa shape index (κ1) is 23.9. The molecular weight excluding hydrogens is 436 g/mol. The summed E-state index contributed by atoms with van der Waals surface area (Å²) in [6.45, 7) is 13.5. The van der Waals surface area contributed by atoms with Crippen LogP contribution in [0.3, 0.4) is 0 Å². The SMILES string of the molecule is CC(C)(C)c1cccc(-c2ccc(-c3cccc(-c4cc(C(C)(C)C)ccn4)c3)c3cccnc23)c1. The number of aromatic nitrogens is 2. The van der Waals surface area contributed by atoms with E-state index in [-0.39, 0.29) is 10.8 Å². The predicted octanol–water partition coefficient (Wildman–Crippen LogP) is 9.23. The minimum absolute atomic E-state index is 0.0807. The van der Waals surface area contributed by atoms with Gasteiger partial charge in [-0.15, -0.1) is 0 Å². The van der Waals surface area contributed by atoms with Crippen molar-refractivity contribution in [3.8, 4) is 33.5 Å². The zero-order valence-corrected chi connectivity index (χ0v) is 22.1. The second kappa shape index (κ2) is 9.02. The maximum atomic E-state index is 4.84. The van der Waals surface area contributed by atoms with Crippen LogP contribution in [0.4, 0.5) is 0 Å². The summed E-state index contributed by atoms with van der Waals surface area (Å²) in [5.74, 6) is 0. The number of rotatable bonds is 3. The summed E-state index contributed by atoms with van der Waals surface area (Å²) in [4.78, 5) is 9.53. The molecule has 2 aromatic heterocycles. The fourth-order valence-corrected chi connectivity index (χ4v) is 4.71. The predicted molar refractivity (Wildman–Crippen MR) is 153 cm³/mol. The molecule has 0 saturated carbocycles. The molecule has 0 radical (unpaired) electrons. The van der Waals surface area contributed by atoms with Gasteiger partial charge in [-0.3, -0.25) is 9.97 Å². The maximum absolute atomic E-state index is 4.84. The van der Waals surface area contributed by atoms with Crippen LogP contribution in [-0.4, -0.2) is 9.97 Å². The number of pyridine rings is 2. The maximum Gasteiger partial charge on any atom is 0.0786 e. The van der Waals surface area contributed by atoms with Crippen molar-refractivity contribution < 1.29 is 0 Å². The van der Waals surface area contributed by atoms with Gasteiger partial charge in [0, 0.05) is 28.9 Å². The highest BCUT2D eigenvalue weighted by atomic mass is 14.7. The van der Waals surface area contributed by atoms with E-state index in [9.17, 15) is 0 Å². The Morgan fingerprint density at radius 3 is 1.89 bits per heavy atom. The van der Waals surface area contributed by atoms with E-state index in [1.807, 2.05) is 18.5 Å². The number of nitrogens with zero attached hydrogens (tertiary/aromatic N) is 2. The normalized spacial score (nSPS) is 12.2. The summed E-state index contributed by atoms with van der Waals surface area (Å²) in [7, 11) is 0. The van der Waals surface area contributed by atoms with Crippen molar-refractivity contribution >= 4 is 10.9 Å². The van der Waals surface area contributed by atoms with Gasteiger partial charge in [-0.25, -0.2) is 0 Å². The Morgan fingerprint density at radius 1 is 0.500 bits per heavy atom. The highest BCUT2D eigenvalue weighted by Crippen LogP contribution is 2.37. The van der Waals surface area contributed by atoms with Crippen LogP contribution < -0.4 is 0 Å². The van der Waals surface area contributed by atoms with Crippen LogP contribution in [0.25, 0.3) is 44.4 Å². The minimum Gasteiger partial charge on any atom is -0.256 e. The fourth-order valence-electron chi connectivity index (χ4n) is 4.71. The Balaban J connectivity index is 1.62. The summed E-state index contributed by atoms with van der Waals surface area (Å²) in [5, 5.41) is 1.16. The van der Waals surface area contributed by atoms with Crippen LogP contribution in [0.5, 0.6) is 0 Å². The Labute approximate surface area is 215 Å². The summed E-state index contributed by atoms with van der Waals surface area (Å²) >= 11 is 0. The van der Waals surface area contributed by atoms with Gasteiger partial charge in [0.25, 0.3) is 0 Å². The lowest BCUT2D eigenvalue weighted by molar-refractivity contribution is 0.589. The van der Waals surface area contributed by atoms with Gasteiger partial charge in [0.2, 0.25) is 0 Å². The molecule has 0 aliphatic rings. The standard InChI is InChI=1S/C34H34N2/c1-33(2,3)26-13-8-11-24(21-26)29-16-15-28(30-14-9-18-36-32(29)30)23-10-7-12-25(20-23)31-22-27(17-19-35-31)34(4,5)6/h7-22H,1-6H3. The number of fused-ring (bicyclic) bond motifs is 1. The number of benzene rings is 3. The van der Waals surface area contributed by atoms with Gasteiger partial charge >= 0.3 is 0 Å². The molecule has 180 valence electrons. The number of hydrogen-bond acceptors (Lipinski definition) is 2. The zero-order chi connectivity index (χ0) is 25.5. The Kier molecular flexibility index (Phi) is 6.00. The van der Waals surface area contributed by atoms with E-state index in [1.54, 1.807) is 0 Å². The van der Waals surface area contributed by atoms with Crippen LogP contribution in [0.15, 0.2) is 97.3 Å². The average Bonchev–Trinajstić information content (AvgIpc) is 2.87. The Bertz CT molecular complexity index is 1550. The van der Waals surface area contributed by atoms with E-state index in [0.29, 0.717) is 0 Å². The smallest absolute Gasteiger partial charge is 0.0786 e. The summed E-state index contributed by atoms with van der Waals surface area (Å²) in [6, 6.07) is 30.5. The molecule has 0 bridgehead atoms. The van der Waals surface area contributed by atoms with Crippen LogP contribution >= 0.6 is 0 Å². The van der Waals surface area contributed by atoms with Gasteiger partial charge < -0.3 is 0 Å². The van der Waals surface area contributed by atoms with Crippen molar-refractivity contribution in [3.05, 3.63) is 108 Å². The molecule has 0 aliphatic carbocycles. The summed E-state index contributed by atoms with van der Waals surface area (Å²) in [5.41, 5.74) is 10.7. The van der Waals surface area contributed by atoms with Crippen LogP contribution in [0.2, 0.25) is 0 Å². The van der Waals surface area contributed by atoms with E-state index >= 15 is 0 Å². The van der Waals surface area contributed by atoms with Crippen molar-refractivity contribution in [2.45, 2.75) is 52.4 Å². The highest BCUT2D eigenvalue weighted by molar-refractivity contribution is 6.03. The molecule has 2 heteroatoms. The van der Waals surface area contributed by atoms with Crippen LogP contribution in [-0.2, 0) is 10.8 Å². The molecule has 0 amide bonds. The molecule has 3 aromatic carbocycles. The Morgan fingerprint density at radius 2 is 1.14 bits per heavy atom. The average molecular weight is 471 g/mol. The lowest BCUT2D eigenvalue weighted by atomic mass is 9.85. The van der Waals surface area contributed by atoms with Gasteiger partial charge in [-0.1, -0.05) is 102 Å². The van der Waals surface area contributed by atoms with E-state index in [1.165, 1.54) is 27.8 Å². The fraction of sp³-hybridized carbons (Fsp3) is 0.235. The molecule has 0 fully saturated rings. The quantitative estimate of drug-likeness (QED) is 0.263. The Hall–Kier alpha value is -3.78. The second-order valence-electron chi connectivity index (χ2n) is 11.7. The van der Waals surface area contributed by atoms with Crippen molar-refractivity contribution in [2.75, 3.05) is 0 Å². The molecule has 2 heterocycles. The first-order valence-electron chi connectivity index (χ1n) is 12.7. The van der Waals surface area contributed by atoms with E-state index < -0.39 is 0 Å². The van der Waals surface area contributed by atoms with Crippen LogP contribution in [0.1, 0.15) is 52.7 Å². The zero-order valence-electron chi connectivity index (χ0n) is 22.1. The molecule has 36 heavy (non-hydrogen) atoms. The molecule has 0 saturated heterocycles. The molecule has 5 aromatic rings. The van der Waals surface area contributed by atoms with Crippen molar-refractivity contribution in [2.24, 2.45) is 0 Å². The lowest BCUT2D eigenvalue weighted by Crippen LogP contribution is -2.11. The lowest BCUT2D eigenvalue weighted by Gasteiger charge is -2.20. The molecular formula is C34H34N2. The summed E-state index contributed by atoms with van der Waals surface area (Å²) in [6.07, 6.45) is 3.81. The molecule has 0 atom stereocenters. The summed E-state index contributed by atoms with van der Waals surface area (Å²) < 4.78 is 0. The van der Waals surface area contributed by atoms with E-state index in [2.05, 4.69) is 125 Å². The van der Waals surface area contributed by atoms with Gasteiger partial charge in [-0.05, 0) is 62.9 Å².